The Morgan fingerprint density at radius 3 is 2.92 bits per heavy atom. The van der Waals surface area contributed by atoms with E-state index < -0.39 is 17.8 Å². The number of aromatic nitrogens is 2. The van der Waals surface area contributed by atoms with Gasteiger partial charge in [0.25, 0.3) is 11.8 Å². The second-order valence-corrected chi connectivity index (χ2v) is 5.47. The minimum absolute atomic E-state index is 0.000473. The van der Waals surface area contributed by atoms with E-state index in [2.05, 4.69) is 10.4 Å². The number of aryl methyl sites for hydroxylation is 1. The number of ether oxygens (including phenoxy) is 1. The van der Waals surface area contributed by atoms with Gasteiger partial charge in [0.2, 0.25) is 0 Å². The third-order valence-corrected chi connectivity index (χ3v) is 3.71. The Hall–Kier alpha value is -2.90. The summed E-state index contributed by atoms with van der Waals surface area (Å²) in [6, 6.07) is 6.95. The summed E-state index contributed by atoms with van der Waals surface area (Å²) in [6.07, 6.45) is 2.23. The third-order valence-electron chi connectivity index (χ3n) is 3.71. The standard InChI is InChI=1S/C16H17FN4O3/c1-20-8-7-14(19-20)21-9-6-12(16(21)23)18-15(22)10-24-13-5-3-2-4-11(13)17/h2-5,7-8,12H,6,9-10H2,1H3,(H,18,22). The van der Waals surface area contributed by atoms with Crippen molar-refractivity contribution in [1.82, 2.24) is 15.1 Å². The number of rotatable bonds is 5. The van der Waals surface area contributed by atoms with E-state index >= 15 is 0 Å². The molecule has 0 spiro atoms. The second-order valence-electron chi connectivity index (χ2n) is 5.47. The number of carbonyl (C=O) groups is 2. The van der Waals surface area contributed by atoms with Crippen LogP contribution < -0.4 is 15.0 Å². The van der Waals surface area contributed by atoms with Crippen LogP contribution in [0.3, 0.4) is 0 Å². The summed E-state index contributed by atoms with van der Waals surface area (Å²) >= 11 is 0. The van der Waals surface area contributed by atoms with Gasteiger partial charge in [0.05, 0.1) is 0 Å². The molecule has 1 fully saturated rings. The van der Waals surface area contributed by atoms with E-state index in [4.69, 9.17) is 4.74 Å². The molecule has 1 N–H and O–H groups in total. The normalized spacial score (nSPS) is 17.2. The Morgan fingerprint density at radius 2 is 2.21 bits per heavy atom. The van der Waals surface area contributed by atoms with E-state index in [9.17, 15) is 14.0 Å². The number of nitrogens with one attached hydrogen (secondary N) is 1. The van der Waals surface area contributed by atoms with Gasteiger partial charge < -0.3 is 10.1 Å². The van der Waals surface area contributed by atoms with E-state index in [1.807, 2.05) is 0 Å². The van der Waals surface area contributed by atoms with Crippen LogP contribution in [0.5, 0.6) is 5.75 Å². The van der Waals surface area contributed by atoms with Gasteiger partial charge in [0.15, 0.2) is 24.0 Å². The van der Waals surface area contributed by atoms with Crippen LogP contribution in [0.4, 0.5) is 10.2 Å². The van der Waals surface area contributed by atoms with Crippen molar-refractivity contribution in [2.24, 2.45) is 7.05 Å². The fourth-order valence-corrected chi connectivity index (χ4v) is 2.53. The van der Waals surface area contributed by atoms with Crippen molar-refractivity contribution in [3.05, 3.63) is 42.3 Å². The zero-order valence-corrected chi connectivity index (χ0v) is 13.1. The molecule has 2 aromatic rings. The predicted octanol–water partition coefficient (Wildman–Crippen LogP) is 0.860. The van der Waals surface area contributed by atoms with Crippen molar-refractivity contribution in [2.75, 3.05) is 18.1 Å². The van der Waals surface area contributed by atoms with Crippen molar-refractivity contribution in [3.8, 4) is 5.75 Å². The molecule has 3 rings (SSSR count). The summed E-state index contributed by atoms with van der Waals surface area (Å²) in [6.45, 7) is 0.128. The minimum atomic E-state index is -0.622. The van der Waals surface area contributed by atoms with E-state index in [1.165, 1.54) is 23.1 Å². The quantitative estimate of drug-likeness (QED) is 0.881. The summed E-state index contributed by atoms with van der Waals surface area (Å²) in [5, 5.41) is 6.80. The molecule has 1 aromatic carbocycles. The van der Waals surface area contributed by atoms with Gasteiger partial charge in [-0.05, 0) is 18.6 Å². The van der Waals surface area contributed by atoms with Crippen LogP contribution in [0, 0.1) is 5.82 Å². The Bertz CT molecular complexity index is 761. The summed E-state index contributed by atoms with van der Waals surface area (Å²) in [5.74, 6) is -0.668. The number of carbonyl (C=O) groups excluding carboxylic acids is 2. The van der Waals surface area contributed by atoms with Gasteiger partial charge in [-0.25, -0.2) is 4.39 Å². The molecule has 126 valence electrons. The van der Waals surface area contributed by atoms with Crippen molar-refractivity contribution >= 4 is 17.6 Å². The number of amides is 2. The Labute approximate surface area is 138 Å². The highest BCUT2D eigenvalue weighted by molar-refractivity contribution is 6.00. The summed E-state index contributed by atoms with van der Waals surface area (Å²) in [7, 11) is 1.77. The van der Waals surface area contributed by atoms with E-state index in [-0.39, 0.29) is 18.3 Å². The van der Waals surface area contributed by atoms with Gasteiger partial charge in [0.1, 0.15) is 6.04 Å². The molecule has 1 aliphatic rings. The fraction of sp³-hybridized carbons (Fsp3) is 0.312. The van der Waals surface area contributed by atoms with Gasteiger partial charge in [-0.2, -0.15) is 5.10 Å². The lowest BCUT2D eigenvalue weighted by Crippen LogP contribution is -2.43. The largest absolute Gasteiger partial charge is 0.481 e. The van der Waals surface area contributed by atoms with Gasteiger partial charge in [-0.15, -0.1) is 0 Å². The van der Waals surface area contributed by atoms with Crippen LogP contribution in [0.15, 0.2) is 36.5 Å². The molecule has 8 heteroatoms. The van der Waals surface area contributed by atoms with Crippen LogP contribution in [0.1, 0.15) is 6.42 Å². The number of nitrogens with zero attached hydrogens (tertiary/aromatic N) is 3. The molecule has 0 bridgehead atoms. The highest BCUT2D eigenvalue weighted by Gasteiger charge is 2.34. The first-order valence-electron chi connectivity index (χ1n) is 7.52. The van der Waals surface area contributed by atoms with Gasteiger partial charge in [-0.3, -0.25) is 19.2 Å². The zero-order valence-electron chi connectivity index (χ0n) is 13.1. The molecule has 7 nitrogen and oxygen atoms in total. The molecule has 2 amide bonds. The number of benzene rings is 1. The van der Waals surface area contributed by atoms with Gasteiger partial charge >= 0.3 is 0 Å². The molecule has 1 atom stereocenters. The third kappa shape index (κ3) is 3.37. The highest BCUT2D eigenvalue weighted by atomic mass is 19.1. The molecule has 2 heterocycles. The number of para-hydroxylation sites is 1. The Balaban J connectivity index is 1.54. The maximum absolute atomic E-state index is 13.4. The molecular weight excluding hydrogens is 315 g/mol. The van der Waals surface area contributed by atoms with Crippen LogP contribution in [0.25, 0.3) is 0 Å². The summed E-state index contributed by atoms with van der Waals surface area (Å²) in [5.41, 5.74) is 0. The summed E-state index contributed by atoms with van der Waals surface area (Å²) in [4.78, 5) is 25.8. The highest BCUT2D eigenvalue weighted by Crippen LogP contribution is 2.19. The fourth-order valence-electron chi connectivity index (χ4n) is 2.53. The molecular formula is C16H17FN4O3. The van der Waals surface area contributed by atoms with Crippen molar-refractivity contribution in [1.29, 1.82) is 0 Å². The lowest BCUT2D eigenvalue weighted by atomic mass is 10.2. The molecule has 1 aromatic heterocycles. The monoisotopic (exact) mass is 332 g/mol. The molecule has 1 unspecified atom stereocenters. The number of halogens is 1. The Kier molecular flexibility index (Phi) is 4.45. The number of hydrogen-bond donors (Lipinski definition) is 1. The Morgan fingerprint density at radius 1 is 1.42 bits per heavy atom. The first kappa shape index (κ1) is 16.0. The smallest absolute Gasteiger partial charge is 0.258 e. The lowest BCUT2D eigenvalue weighted by Gasteiger charge is -2.14. The molecule has 0 radical (unpaired) electrons. The maximum atomic E-state index is 13.4. The second kappa shape index (κ2) is 6.69. The first-order chi connectivity index (χ1) is 11.5. The zero-order chi connectivity index (χ0) is 17.1. The molecule has 0 saturated carbocycles. The lowest BCUT2D eigenvalue weighted by molar-refractivity contribution is -0.127. The van der Waals surface area contributed by atoms with Crippen LogP contribution in [-0.4, -0.2) is 40.8 Å². The number of hydrogen-bond acceptors (Lipinski definition) is 4. The maximum Gasteiger partial charge on any atom is 0.258 e. The average molecular weight is 332 g/mol. The van der Waals surface area contributed by atoms with Crippen molar-refractivity contribution in [2.45, 2.75) is 12.5 Å². The number of anilines is 1. The molecule has 1 aliphatic heterocycles. The van der Waals surface area contributed by atoms with Crippen LogP contribution >= 0.6 is 0 Å². The van der Waals surface area contributed by atoms with Gasteiger partial charge in [-0.1, -0.05) is 12.1 Å². The van der Waals surface area contributed by atoms with Crippen molar-refractivity contribution < 1.29 is 18.7 Å². The molecule has 0 aliphatic carbocycles. The van der Waals surface area contributed by atoms with Crippen LogP contribution in [0.2, 0.25) is 0 Å². The van der Waals surface area contributed by atoms with E-state index in [0.717, 1.165) is 0 Å². The minimum Gasteiger partial charge on any atom is -0.481 e. The van der Waals surface area contributed by atoms with E-state index in [0.29, 0.717) is 18.8 Å². The van der Waals surface area contributed by atoms with Gasteiger partial charge in [0, 0.05) is 25.9 Å². The van der Waals surface area contributed by atoms with Crippen LogP contribution in [-0.2, 0) is 16.6 Å². The molecule has 24 heavy (non-hydrogen) atoms. The summed E-state index contributed by atoms with van der Waals surface area (Å²) < 4.78 is 20.2. The average Bonchev–Trinajstić information content (AvgIpc) is 3.13. The molecule has 1 saturated heterocycles. The van der Waals surface area contributed by atoms with Crippen molar-refractivity contribution in [3.63, 3.8) is 0 Å². The SMILES string of the molecule is Cn1ccc(N2CCC(NC(=O)COc3ccccc3F)C2=O)n1. The van der Waals surface area contributed by atoms with E-state index in [1.54, 1.807) is 30.1 Å². The predicted molar refractivity (Wildman–Crippen MR) is 84.0 cm³/mol. The first-order valence-corrected chi connectivity index (χ1v) is 7.52. The topological polar surface area (TPSA) is 76.5 Å².